The van der Waals surface area contributed by atoms with Gasteiger partial charge in [-0.2, -0.15) is 18.2 Å². The van der Waals surface area contributed by atoms with Gasteiger partial charge in [0.25, 0.3) is 11.8 Å². The van der Waals surface area contributed by atoms with Crippen molar-refractivity contribution < 1.29 is 45.5 Å². The Morgan fingerprint density at radius 3 is 2.14 bits per heavy atom. The second-order valence-electron chi connectivity index (χ2n) is 12.1. The fraction of sp³-hybridized carbons (Fsp3) is 0.390. The van der Waals surface area contributed by atoms with Crippen molar-refractivity contribution in [3.63, 3.8) is 0 Å². The van der Waals surface area contributed by atoms with E-state index in [0.717, 1.165) is 47.0 Å². The van der Waals surface area contributed by atoms with E-state index in [1.165, 1.54) is 44.1 Å². The molecule has 0 atom stereocenters. The number of halogens is 6. The van der Waals surface area contributed by atoms with Crippen molar-refractivity contribution in [1.29, 1.82) is 0 Å². The number of alkyl halides is 5. The number of aryl methyl sites for hydroxylation is 1. The molecule has 0 radical (unpaired) electrons. The molecule has 0 fully saturated rings. The van der Waals surface area contributed by atoms with E-state index < -0.39 is 41.8 Å². The number of carbonyl (C=O) groups is 3. The molecule has 0 spiro atoms. The van der Waals surface area contributed by atoms with Crippen LogP contribution in [-0.2, 0) is 11.0 Å². The molecule has 0 unspecified atom stereocenters. The third-order valence-corrected chi connectivity index (χ3v) is 8.99. The lowest BCUT2D eigenvalue weighted by Crippen LogP contribution is -2.29. The van der Waals surface area contributed by atoms with Gasteiger partial charge in [-0.05, 0) is 79.3 Å². The van der Waals surface area contributed by atoms with Crippen molar-refractivity contribution in [3.05, 3.63) is 101 Å². The van der Waals surface area contributed by atoms with Crippen LogP contribution in [0.25, 0.3) is 0 Å². The number of urea groups is 1. The van der Waals surface area contributed by atoms with Crippen LogP contribution in [0, 0.1) is 12.7 Å². The van der Waals surface area contributed by atoms with Crippen LogP contribution in [0.5, 0.6) is 5.75 Å². The number of benzene rings is 3. The zero-order valence-electron chi connectivity index (χ0n) is 33.3. The van der Waals surface area contributed by atoms with Crippen LogP contribution in [0.4, 0.5) is 42.5 Å². The van der Waals surface area contributed by atoms with Gasteiger partial charge in [0.05, 0.1) is 29.3 Å². The minimum absolute atomic E-state index is 0.0421. The van der Waals surface area contributed by atoms with Gasteiger partial charge in [0.2, 0.25) is 6.41 Å². The normalized spacial score (nSPS) is 12.4. The SMILES string of the molecule is CC.CCC/C(=C\C(=NC)c1ccc(NC(=O)/N=C(\SCC)N(C=O)c2cc(C)ccc2OCCC(F)(F)CC)c(F)c1)N(C)C(=O)c1ccc(C(F)(F)F)cc1. The number of anilines is 2. The van der Waals surface area contributed by atoms with Crippen LogP contribution < -0.4 is 15.0 Å². The molecule has 57 heavy (non-hydrogen) atoms. The number of rotatable bonds is 15. The predicted octanol–water partition coefficient (Wildman–Crippen LogP) is 11.2. The third-order valence-electron chi connectivity index (χ3n) is 8.15. The molecule has 0 aliphatic carbocycles. The first kappa shape index (κ1) is 48.0. The number of allylic oxidation sites excluding steroid dienone is 2. The Hall–Kier alpha value is -5.12. The molecule has 0 aliphatic rings. The average Bonchev–Trinajstić information content (AvgIpc) is 3.18. The number of amidine groups is 1. The van der Waals surface area contributed by atoms with Crippen LogP contribution in [0.15, 0.2) is 82.4 Å². The van der Waals surface area contributed by atoms with E-state index in [1.807, 2.05) is 20.8 Å². The zero-order chi connectivity index (χ0) is 42.9. The number of thioether (sulfide) groups is 1. The molecule has 16 heteroatoms. The zero-order valence-corrected chi connectivity index (χ0v) is 34.1. The summed E-state index contributed by atoms with van der Waals surface area (Å²) < 4.78 is 87.9. The van der Waals surface area contributed by atoms with Crippen LogP contribution in [0.2, 0.25) is 0 Å². The highest BCUT2D eigenvalue weighted by Crippen LogP contribution is 2.33. The van der Waals surface area contributed by atoms with Crippen molar-refractivity contribution in [2.45, 2.75) is 79.3 Å². The molecule has 0 saturated heterocycles. The summed E-state index contributed by atoms with van der Waals surface area (Å²) in [4.78, 5) is 49.3. The van der Waals surface area contributed by atoms with Gasteiger partial charge in [0.1, 0.15) is 11.6 Å². The first-order chi connectivity index (χ1) is 27.0. The highest BCUT2D eigenvalue weighted by atomic mass is 32.2. The molecule has 0 bridgehead atoms. The number of amides is 4. The van der Waals surface area contributed by atoms with Crippen LogP contribution >= 0.6 is 11.8 Å². The lowest BCUT2D eigenvalue weighted by atomic mass is 10.1. The summed E-state index contributed by atoms with van der Waals surface area (Å²) in [5.74, 6) is -3.83. The monoisotopic (exact) mass is 821 g/mol. The van der Waals surface area contributed by atoms with Gasteiger partial charge >= 0.3 is 12.2 Å². The van der Waals surface area contributed by atoms with Crippen molar-refractivity contribution in [1.82, 2.24) is 4.90 Å². The molecular weight excluding hydrogens is 773 g/mol. The minimum atomic E-state index is -4.55. The average molecular weight is 822 g/mol. The largest absolute Gasteiger partial charge is 0.491 e. The standard InChI is InChI=1S/C39H43F6N5O4S.C2H6/c1-7-10-29(49(6)35(52)26-12-15-28(16-13-26)39(43,44)45)23-32(46-5)27-14-17-31(30(40)22-27)47-36(53)48-37(55-9-3)50(24-51)33-21-25(4)11-18-34(33)54-20-19-38(41,42)8-2;1-2/h11-18,21-24H,7-10,19-20H2,1-6H3,(H,47,53);1-2H3/b29-23+,46-32?,48-37-;. The summed E-state index contributed by atoms with van der Waals surface area (Å²) in [6.07, 6.45) is -2.48. The van der Waals surface area contributed by atoms with Gasteiger partial charge in [0, 0.05) is 43.8 Å². The van der Waals surface area contributed by atoms with Gasteiger partial charge < -0.3 is 15.0 Å². The van der Waals surface area contributed by atoms with E-state index in [2.05, 4.69) is 15.3 Å². The lowest BCUT2D eigenvalue weighted by molar-refractivity contribution is -0.137. The van der Waals surface area contributed by atoms with E-state index >= 15 is 4.39 Å². The van der Waals surface area contributed by atoms with Crippen LogP contribution in [0.3, 0.4) is 0 Å². The molecular formula is C41H49F6N5O4S. The predicted molar refractivity (Wildman–Crippen MR) is 216 cm³/mol. The quantitative estimate of drug-likeness (QED) is 0.0712. The molecule has 0 heterocycles. The number of ether oxygens (including phenoxy) is 1. The van der Waals surface area contributed by atoms with Crippen molar-refractivity contribution in [2.75, 3.05) is 36.7 Å². The van der Waals surface area contributed by atoms with Crippen molar-refractivity contribution >= 4 is 52.4 Å². The molecule has 0 aromatic heterocycles. The van der Waals surface area contributed by atoms with Gasteiger partial charge in [-0.1, -0.05) is 64.9 Å². The summed E-state index contributed by atoms with van der Waals surface area (Å²) in [6.45, 7) is 10.4. The van der Waals surface area contributed by atoms with Gasteiger partial charge in [-0.3, -0.25) is 19.5 Å². The molecule has 310 valence electrons. The lowest BCUT2D eigenvalue weighted by Gasteiger charge is -2.23. The molecule has 4 amide bonds. The first-order valence-electron chi connectivity index (χ1n) is 18.3. The summed E-state index contributed by atoms with van der Waals surface area (Å²) >= 11 is 1.04. The van der Waals surface area contributed by atoms with Crippen molar-refractivity contribution in [2.24, 2.45) is 9.98 Å². The molecule has 3 aromatic carbocycles. The van der Waals surface area contributed by atoms with E-state index in [1.54, 1.807) is 32.1 Å². The minimum Gasteiger partial charge on any atom is -0.491 e. The Morgan fingerprint density at radius 1 is 0.947 bits per heavy atom. The number of nitrogens with one attached hydrogen (secondary N) is 1. The second-order valence-corrected chi connectivity index (χ2v) is 13.4. The Morgan fingerprint density at radius 2 is 1.60 bits per heavy atom. The summed E-state index contributed by atoms with van der Waals surface area (Å²) in [5, 5.41) is 2.29. The van der Waals surface area contributed by atoms with E-state index in [0.29, 0.717) is 41.8 Å². The van der Waals surface area contributed by atoms with E-state index in [4.69, 9.17) is 4.74 Å². The number of hydrogen-bond donors (Lipinski definition) is 1. The fourth-order valence-corrected chi connectivity index (χ4v) is 5.76. The van der Waals surface area contributed by atoms with Gasteiger partial charge in [0.15, 0.2) is 5.17 Å². The third kappa shape index (κ3) is 14.1. The number of nitrogens with zero attached hydrogens (tertiary/aromatic N) is 4. The Bertz CT molecular complexity index is 1920. The van der Waals surface area contributed by atoms with E-state index in [-0.39, 0.29) is 46.6 Å². The maximum Gasteiger partial charge on any atom is 0.416 e. The number of hydrogen-bond acceptors (Lipinski definition) is 6. The van der Waals surface area contributed by atoms with Gasteiger partial charge in [-0.15, -0.1) is 0 Å². The van der Waals surface area contributed by atoms with Crippen LogP contribution in [0.1, 0.15) is 87.4 Å². The van der Waals surface area contributed by atoms with E-state index in [9.17, 15) is 36.3 Å². The summed E-state index contributed by atoms with van der Waals surface area (Å²) in [6, 6.07) is 11.5. The summed E-state index contributed by atoms with van der Waals surface area (Å²) in [7, 11) is 2.94. The summed E-state index contributed by atoms with van der Waals surface area (Å²) in [5.41, 5.74) is 0.853. The first-order valence-corrected chi connectivity index (χ1v) is 19.3. The Labute approximate surface area is 334 Å². The topological polar surface area (TPSA) is 104 Å². The second kappa shape index (κ2) is 22.6. The molecule has 3 aromatic rings. The molecule has 1 N–H and O–H groups in total. The molecule has 3 rings (SSSR count). The van der Waals surface area contributed by atoms with Crippen LogP contribution in [-0.4, -0.2) is 66.5 Å². The highest BCUT2D eigenvalue weighted by molar-refractivity contribution is 8.14. The number of aliphatic imine (C=N–C) groups is 2. The maximum atomic E-state index is 15.5. The van der Waals surface area contributed by atoms with Crippen molar-refractivity contribution in [3.8, 4) is 5.75 Å². The molecule has 9 nitrogen and oxygen atoms in total. The molecule has 0 aliphatic heterocycles. The Kier molecular flexibility index (Phi) is 19.0. The highest BCUT2D eigenvalue weighted by Gasteiger charge is 2.31. The molecule has 0 saturated carbocycles. The smallest absolute Gasteiger partial charge is 0.416 e. The van der Waals surface area contributed by atoms with Gasteiger partial charge in [-0.25, -0.2) is 18.0 Å². The Balaban J connectivity index is 0.00000551. The fourth-order valence-electron chi connectivity index (χ4n) is 5.07. The maximum absolute atomic E-state index is 15.5. The number of carbonyl (C=O) groups excluding carboxylic acids is 3.